The van der Waals surface area contributed by atoms with E-state index >= 15 is 0 Å². The molecular weight excluding hydrogens is 278 g/mol. The summed E-state index contributed by atoms with van der Waals surface area (Å²) in [5.41, 5.74) is 9.62. The number of hydrogen-bond donors (Lipinski definition) is 1. The van der Waals surface area contributed by atoms with Gasteiger partial charge in [-0.1, -0.05) is 36.4 Å². The van der Waals surface area contributed by atoms with E-state index in [1.54, 1.807) is 12.1 Å². The maximum absolute atomic E-state index is 11.4. The van der Waals surface area contributed by atoms with Gasteiger partial charge in [-0.15, -0.1) is 0 Å². The average molecular weight is 299 g/mol. The van der Waals surface area contributed by atoms with E-state index in [1.807, 2.05) is 43.3 Å². The van der Waals surface area contributed by atoms with Gasteiger partial charge in [-0.2, -0.15) is 0 Å². The lowest BCUT2D eigenvalue weighted by atomic mass is 10.0. The molecule has 0 aliphatic rings. The van der Waals surface area contributed by atoms with Crippen LogP contribution in [0.2, 0.25) is 0 Å². The molecule has 2 N–H and O–H groups in total. The van der Waals surface area contributed by atoms with Crippen molar-refractivity contribution < 1.29 is 14.3 Å². The van der Waals surface area contributed by atoms with Gasteiger partial charge in [0.15, 0.2) is 0 Å². The lowest BCUT2D eigenvalue weighted by molar-refractivity contribution is 0.0452. The van der Waals surface area contributed by atoms with Crippen molar-refractivity contribution in [1.82, 2.24) is 0 Å². The monoisotopic (exact) mass is 299 g/mol. The maximum Gasteiger partial charge on any atom is 0.337 e. The first kappa shape index (κ1) is 16.2. The molecule has 0 amide bonds. The molecule has 0 aliphatic carbocycles. The third-order valence-corrected chi connectivity index (χ3v) is 3.58. The number of benzene rings is 2. The van der Waals surface area contributed by atoms with Crippen LogP contribution in [0.1, 0.15) is 33.2 Å². The van der Waals surface area contributed by atoms with Gasteiger partial charge in [0.1, 0.15) is 0 Å². The smallest absolute Gasteiger partial charge is 0.337 e. The number of carbonyl (C=O) groups is 1. The average Bonchev–Trinajstić information content (AvgIpc) is 2.56. The zero-order valence-electron chi connectivity index (χ0n) is 12.9. The molecule has 4 heteroatoms. The minimum absolute atomic E-state index is 0.138. The molecule has 0 saturated heterocycles. The summed E-state index contributed by atoms with van der Waals surface area (Å²) in [6.45, 7) is 2.91. The number of methoxy groups -OCH3 is 1. The van der Waals surface area contributed by atoms with Gasteiger partial charge in [0.05, 0.1) is 25.4 Å². The summed E-state index contributed by atoms with van der Waals surface area (Å²) in [6, 6.07) is 15.2. The fraction of sp³-hybridized carbons (Fsp3) is 0.278. The van der Waals surface area contributed by atoms with Gasteiger partial charge in [0, 0.05) is 6.54 Å². The van der Waals surface area contributed by atoms with Gasteiger partial charge in [0.2, 0.25) is 0 Å². The summed E-state index contributed by atoms with van der Waals surface area (Å²) in [4.78, 5) is 11.4. The van der Waals surface area contributed by atoms with E-state index in [4.69, 9.17) is 10.5 Å². The van der Waals surface area contributed by atoms with Crippen LogP contribution in [0.25, 0.3) is 0 Å². The molecule has 0 bridgehead atoms. The van der Waals surface area contributed by atoms with Crippen molar-refractivity contribution >= 4 is 5.97 Å². The molecule has 0 saturated carbocycles. The van der Waals surface area contributed by atoms with E-state index in [0.717, 1.165) is 11.1 Å². The molecule has 0 aromatic heterocycles. The van der Waals surface area contributed by atoms with Crippen LogP contribution in [0.3, 0.4) is 0 Å². The van der Waals surface area contributed by atoms with E-state index in [2.05, 4.69) is 4.74 Å². The van der Waals surface area contributed by atoms with Gasteiger partial charge in [-0.25, -0.2) is 4.79 Å². The number of aryl methyl sites for hydroxylation is 1. The summed E-state index contributed by atoms with van der Waals surface area (Å²) in [6.07, 6.45) is -0.138. The highest BCUT2D eigenvalue weighted by molar-refractivity contribution is 5.89. The van der Waals surface area contributed by atoms with Crippen LogP contribution in [0.15, 0.2) is 48.5 Å². The molecule has 0 heterocycles. The SMILES string of the molecule is COC(=O)c1ccc(COC(CN)c2ccccc2C)cc1. The van der Waals surface area contributed by atoms with Crippen LogP contribution in [-0.4, -0.2) is 19.6 Å². The Morgan fingerprint density at radius 1 is 1.14 bits per heavy atom. The molecule has 0 aliphatic heterocycles. The lowest BCUT2D eigenvalue weighted by Crippen LogP contribution is -2.16. The molecule has 116 valence electrons. The van der Waals surface area contributed by atoms with Crippen LogP contribution in [0.5, 0.6) is 0 Å². The second kappa shape index (κ2) is 7.73. The summed E-state index contributed by atoms with van der Waals surface area (Å²) < 4.78 is 10.6. The van der Waals surface area contributed by atoms with Crippen molar-refractivity contribution in [3.05, 3.63) is 70.8 Å². The second-order valence-electron chi connectivity index (χ2n) is 5.08. The zero-order valence-corrected chi connectivity index (χ0v) is 12.9. The number of carbonyl (C=O) groups excluding carboxylic acids is 1. The van der Waals surface area contributed by atoms with Crippen molar-refractivity contribution in [3.8, 4) is 0 Å². The number of nitrogens with two attached hydrogens (primary N) is 1. The van der Waals surface area contributed by atoms with Gasteiger partial charge < -0.3 is 15.2 Å². The molecule has 2 aromatic carbocycles. The summed E-state index contributed by atoms with van der Waals surface area (Å²) in [5.74, 6) is -0.341. The van der Waals surface area contributed by atoms with Gasteiger partial charge in [-0.05, 0) is 35.7 Å². The van der Waals surface area contributed by atoms with E-state index in [1.165, 1.54) is 12.7 Å². The summed E-state index contributed by atoms with van der Waals surface area (Å²) >= 11 is 0. The molecule has 1 atom stereocenters. The van der Waals surface area contributed by atoms with E-state index in [0.29, 0.717) is 18.7 Å². The van der Waals surface area contributed by atoms with Crippen molar-refractivity contribution in [3.63, 3.8) is 0 Å². The number of esters is 1. The van der Waals surface area contributed by atoms with Crippen molar-refractivity contribution in [2.45, 2.75) is 19.6 Å². The Kier molecular flexibility index (Phi) is 5.69. The third kappa shape index (κ3) is 3.93. The third-order valence-electron chi connectivity index (χ3n) is 3.58. The fourth-order valence-corrected chi connectivity index (χ4v) is 2.28. The first-order valence-electron chi connectivity index (χ1n) is 7.20. The van der Waals surface area contributed by atoms with Crippen LogP contribution in [0.4, 0.5) is 0 Å². The highest BCUT2D eigenvalue weighted by atomic mass is 16.5. The predicted octanol–water partition coefficient (Wildman–Crippen LogP) is 3.00. The summed E-state index contributed by atoms with van der Waals surface area (Å²) in [7, 11) is 1.37. The van der Waals surface area contributed by atoms with Crippen LogP contribution in [0, 0.1) is 6.92 Å². The minimum atomic E-state index is -0.341. The first-order valence-corrected chi connectivity index (χ1v) is 7.20. The number of ether oxygens (including phenoxy) is 2. The quantitative estimate of drug-likeness (QED) is 0.833. The van der Waals surface area contributed by atoms with Crippen LogP contribution in [-0.2, 0) is 16.1 Å². The topological polar surface area (TPSA) is 61.5 Å². The largest absolute Gasteiger partial charge is 0.465 e. The van der Waals surface area contributed by atoms with Gasteiger partial charge in [-0.3, -0.25) is 0 Å². The number of hydrogen-bond acceptors (Lipinski definition) is 4. The van der Waals surface area contributed by atoms with Gasteiger partial charge >= 0.3 is 5.97 Å². The molecule has 0 radical (unpaired) electrons. The van der Waals surface area contributed by atoms with Crippen molar-refractivity contribution in [2.24, 2.45) is 5.73 Å². The van der Waals surface area contributed by atoms with Crippen molar-refractivity contribution in [1.29, 1.82) is 0 Å². The molecule has 2 rings (SSSR count). The van der Waals surface area contributed by atoms with E-state index < -0.39 is 0 Å². The predicted molar refractivity (Wildman–Crippen MR) is 85.5 cm³/mol. The Bertz CT molecular complexity index is 622. The first-order chi connectivity index (χ1) is 10.7. The van der Waals surface area contributed by atoms with Crippen molar-refractivity contribution in [2.75, 3.05) is 13.7 Å². The van der Waals surface area contributed by atoms with Crippen LogP contribution >= 0.6 is 0 Å². The van der Waals surface area contributed by atoms with Gasteiger partial charge in [0.25, 0.3) is 0 Å². The Balaban J connectivity index is 2.02. The number of rotatable bonds is 6. The standard InChI is InChI=1S/C18H21NO3/c1-13-5-3-4-6-16(13)17(11-19)22-12-14-7-9-15(10-8-14)18(20)21-2/h3-10,17H,11-12,19H2,1-2H3. The Hall–Kier alpha value is -2.17. The second-order valence-corrected chi connectivity index (χ2v) is 5.08. The zero-order chi connectivity index (χ0) is 15.9. The van der Waals surface area contributed by atoms with E-state index in [-0.39, 0.29) is 12.1 Å². The maximum atomic E-state index is 11.4. The highest BCUT2D eigenvalue weighted by Crippen LogP contribution is 2.21. The molecule has 4 nitrogen and oxygen atoms in total. The minimum Gasteiger partial charge on any atom is -0.465 e. The Morgan fingerprint density at radius 2 is 1.82 bits per heavy atom. The summed E-state index contributed by atoms with van der Waals surface area (Å²) in [5, 5.41) is 0. The Morgan fingerprint density at radius 3 is 2.41 bits per heavy atom. The molecule has 0 spiro atoms. The molecule has 22 heavy (non-hydrogen) atoms. The fourth-order valence-electron chi connectivity index (χ4n) is 2.28. The van der Waals surface area contributed by atoms with E-state index in [9.17, 15) is 4.79 Å². The molecule has 0 fully saturated rings. The molecule has 1 unspecified atom stereocenters. The normalized spacial score (nSPS) is 12.0. The molecular formula is C18H21NO3. The molecule has 2 aromatic rings. The highest BCUT2D eigenvalue weighted by Gasteiger charge is 2.12. The Labute approximate surface area is 130 Å². The lowest BCUT2D eigenvalue weighted by Gasteiger charge is -2.18. The van der Waals surface area contributed by atoms with Crippen LogP contribution < -0.4 is 5.73 Å².